The van der Waals surface area contributed by atoms with Crippen LogP contribution in [0.5, 0.6) is 0 Å². The number of anilines is 2. The molecule has 0 aromatic heterocycles. The van der Waals surface area contributed by atoms with Crippen molar-refractivity contribution in [2.75, 3.05) is 11.1 Å². The molecule has 0 radical (unpaired) electrons. The fraction of sp³-hybridized carbons (Fsp3) is 0.0714. The molecule has 3 N–H and O–H groups in total. The van der Waals surface area contributed by atoms with Crippen molar-refractivity contribution < 1.29 is 4.79 Å². The Labute approximate surface area is 121 Å². The van der Waals surface area contributed by atoms with Crippen LogP contribution in [0.15, 0.2) is 36.4 Å². The van der Waals surface area contributed by atoms with E-state index in [4.69, 9.17) is 28.9 Å². The number of aryl methyl sites for hydroxylation is 1. The minimum Gasteiger partial charge on any atom is -0.399 e. The molecule has 2 rings (SSSR count). The van der Waals surface area contributed by atoms with Crippen LogP contribution in [0.2, 0.25) is 10.0 Å². The number of carbonyl (C=O) groups is 1. The Morgan fingerprint density at radius 3 is 2.68 bits per heavy atom. The number of hydrogen-bond acceptors (Lipinski definition) is 2. The Kier molecular flexibility index (Phi) is 3.98. The standard InChI is InChI=1S/C14H12Cl2N2O/c1-8-3-2-4-10(13(8)16)14(19)18-12-7-9(17)5-6-11(12)15/h2-7H,17H2,1H3,(H,18,19). The molecule has 2 aromatic carbocycles. The van der Waals surface area contributed by atoms with Crippen LogP contribution >= 0.6 is 23.2 Å². The van der Waals surface area contributed by atoms with Gasteiger partial charge in [0.2, 0.25) is 0 Å². The first-order valence-electron chi connectivity index (χ1n) is 5.60. The highest BCUT2D eigenvalue weighted by Crippen LogP contribution is 2.26. The van der Waals surface area contributed by atoms with Crippen LogP contribution in [0, 0.1) is 6.92 Å². The highest BCUT2D eigenvalue weighted by Gasteiger charge is 2.13. The molecule has 5 heteroatoms. The molecule has 98 valence electrons. The van der Waals surface area contributed by atoms with Gasteiger partial charge in [-0.05, 0) is 36.8 Å². The number of rotatable bonds is 2. The van der Waals surface area contributed by atoms with E-state index in [1.807, 2.05) is 13.0 Å². The maximum Gasteiger partial charge on any atom is 0.257 e. The second kappa shape index (κ2) is 5.51. The molecular formula is C14H12Cl2N2O. The molecule has 0 saturated heterocycles. The third-order valence-corrected chi connectivity index (χ3v) is 3.51. The van der Waals surface area contributed by atoms with Gasteiger partial charge in [0.05, 0.1) is 21.3 Å². The molecule has 0 fully saturated rings. The third-order valence-electron chi connectivity index (χ3n) is 2.68. The zero-order valence-electron chi connectivity index (χ0n) is 10.2. The van der Waals surface area contributed by atoms with Gasteiger partial charge < -0.3 is 11.1 Å². The molecule has 0 unspecified atom stereocenters. The number of nitrogen functional groups attached to an aromatic ring is 1. The smallest absolute Gasteiger partial charge is 0.257 e. The number of hydrogen-bond donors (Lipinski definition) is 2. The summed E-state index contributed by atoms with van der Waals surface area (Å²) < 4.78 is 0. The molecule has 0 aliphatic carbocycles. The Morgan fingerprint density at radius 1 is 1.21 bits per heavy atom. The first kappa shape index (κ1) is 13.7. The molecule has 19 heavy (non-hydrogen) atoms. The molecule has 3 nitrogen and oxygen atoms in total. The largest absolute Gasteiger partial charge is 0.399 e. The van der Waals surface area contributed by atoms with E-state index in [2.05, 4.69) is 5.32 Å². The summed E-state index contributed by atoms with van der Waals surface area (Å²) in [6.07, 6.45) is 0. The van der Waals surface area contributed by atoms with Gasteiger partial charge in [-0.3, -0.25) is 4.79 Å². The van der Waals surface area contributed by atoms with Crippen LogP contribution in [0.4, 0.5) is 11.4 Å². The van der Waals surface area contributed by atoms with E-state index >= 15 is 0 Å². The molecule has 0 aliphatic rings. The number of amides is 1. The first-order chi connectivity index (χ1) is 8.99. The molecule has 0 heterocycles. The van der Waals surface area contributed by atoms with E-state index in [0.29, 0.717) is 27.0 Å². The van der Waals surface area contributed by atoms with Crippen LogP contribution in [0.3, 0.4) is 0 Å². The van der Waals surface area contributed by atoms with Crippen LogP contribution in [-0.4, -0.2) is 5.91 Å². The summed E-state index contributed by atoms with van der Waals surface area (Å²) >= 11 is 12.1. The third kappa shape index (κ3) is 3.00. The fourth-order valence-corrected chi connectivity index (χ4v) is 2.03. The molecule has 0 atom stereocenters. The normalized spacial score (nSPS) is 10.3. The summed E-state index contributed by atoms with van der Waals surface area (Å²) in [6, 6.07) is 10.2. The first-order valence-corrected chi connectivity index (χ1v) is 6.36. The zero-order chi connectivity index (χ0) is 14.0. The minimum atomic E-state index is -0.318. The summed E-state index contributed by atoms with van der Waals surface area (Å²) in [4.78, 5) is 12.2. The molecule has 0 aliphatic heterocycles. The van der Waals surface area contributed by atoms with E-state index in [1.165, 1.54) is 0 Å². The van der Waals surface area contributed by atoms with Crippen LogP contribution in [0.1, 0.15) is 15.9 Å². The van der Waals surface area contributed by atoms with E-state index in [1.54, 1.807) is 30.3 Å². The van der Waals surface area contributed by atoms with Crippen molar-refractivity contribution in [1.29, 1.82) is 0 Å². The van der Waals surface area contributed by atoms with Gasteiger partial charge in [0.25, 0.3) is 5.91 Å². The average Bonchev–Trinajstić information content (AvgIpc) is 2.37. The van der Waals surface area contributed by atoms with Gasteiger partial charge in [-0.1, -0.05) is 35.3 Å². The quantitative estimate of drug-likeness (QED) is 0.818. The van der Waals surface area contributed by atoms with E-state index in [0.717, 1.165) is 5.56 Å². The van der Waals surface area contributed by atoms with Crippen LogP contribution in [-0.2, 0) is 0 Å². The van der Waals surface area contributed by atoms with Gasteiger partial charge in [0.1, 0.15) is 0 Å². The molecule has 1 amide bonds. The summed E-state index contributed by atoms with van der Waals surface area (Å²) in [7, 11) is 0. The lowest BCUT2D eigenvalue weighted by molar-refractivity contribution is 0.102. The van der Waals surface area contributed by atoms with Gasteiger partial charge in [-0.25, -0.2) is 0 Å². The summed E-state index contributed by atoms with van der Waals surface area (Å²) in [5, 5.41) is 3.55. The SMILES string of the molecule is Cc1cccc(C(=O)Nc2cc(N)ccc2Cl)c1Cl. The van der Waals surface area contributed by atoms with Crippen molar-refractivity contribution >= 4 is 40.5 Å². The van der Waals surface area contributed by atoms with Crippen molar-refractivity contribution in [3.05, 3.63) is 57.6 Å². The van der Waals surface area contributed by atoms with Gasteiger partial charge in [-0.2, -0.15) is 0 Å². The lowest BCUT2D eigenvalue weighted by Gasteiger charge is -2.10. The van der Waals surface area contributed by atoms with Crippen molar-refractivity contribution in [3.63, 3.8) is 0 Å². The maximum atomic E-state index is 12.2. The summed E-state index contributed by atoms with van der Waals surface area (Å²) in [6.45, 7) is 1.84. The van der Waals surface area contributed by atoms with Gasteiger partial charge in [0, 0.05) is 5.69 Å². The highest BCUT2D eigenvalue weighted by molar-refractivity contribution is 6.36. The number of benzene rings is 2. The topological polar surface area (TPSA) is 55.1 Å². The molecular weight excluding hydrogens is 283 g/mol. The second-order valence-corrected chi connectivity index (χ2v) is 4.92. The Balaban J connectivity index is 2.31. The van der Waals surface area contributed by atoms with Gasteiger partial charge >= 0.3 is 0 Å². The summed E-state index contributed by atoms with van der Waals surface area (Å²) in [5.74, 6) is -0.318. The van der Waals surface area contributed by atoms with Crippen molar-refractivity contribution in [3.8, 4) is 0 Å². The number of nitrogens with one attached hydrogen (secondary N) is 1. The summed E-state index contributed by atoms with van der Waals surface area (Å²) in [5.41, 5.74) is 7.89. The monoisotopic (exact) mass is 294 g/mol. The lowest BCUT2D eigenvalue weighted by Crippen LogP contribution is -2.13. The average molecular weight is 295 g/mol. The van der Waals surface area contributed by atoms with Crippen molar-refractivity contribution in [1.82, 2.24) is 0 Å². The minimum absolute atomic E-state index is 0.318. The number of nitrogens with two attached hydrogens (primary N) is 1. The Bertz CT molecular complexity index is 641. The molecule has 0 saturated carbocycles. The number of halogens is 2. The molecule has 2 aromatic rings. The highest BCUT2D eigenvalue weighted by atomic mass is 35.5. The molecule has 0 spiro atoms. The predicted molar refractivity (Wildman–Crippen MR) is 80.0 cm³/mol. The van der Waals surface area contributed by atoms with Crippen molar-refractivity contribution in [2.45, 2.75) is 6.92 Å². The maximum absolute atomic E-state index is 12.2. The molecule has 0 bridgehead atoms. The second-order valence-electron chi connectivity index (χ2n) is 4.13. The van der Waals surface area contributed by atoms with Crippen LogP contribution < -0.4 is 11.1 Å². The fourth-order valence-electron chi connectivity index (χ4n) is 1.65. The van der Waals surface area contributed by atoms with E-state index in [9.17, 15) is 4.79 Å². The zero-order valence-corrected chi connectivity index (χ0v) is 11.7. The van der Waals surface area contributed by atoms with Crippen molar-refractivity contribution in [2.24, 2.45) is 0 Å². The van der Waals surface area contributed by atoms with Gasteiger partial charge in [-0.15, -0.1) is 0 Å². The Hall–Kier alpha value is -1.71. The van der Waals surface area contributed by atoms with E-state index in [-0.39, 0.29) is 5.91 Å². The number of carbonyl (C=O) groups excluding carboxylic acids is 1. The van der Waals surface area contributed by atoms with E-state index < -0.39 is 0 Å². The van der Waals surface area contributed by atoms with Crippen LogP contribution in [0.25, 0.3) is 0 Å². The lowest BCUT2D eigenvalue weighted by atomic mass is 10.1. The Morgan fingerprint density at radius 2 is 1.95 bits per heavy atom. The van der Waals surface area contributed by atoms with Gasteiger partial charge in [0.15, 0.2) is 0 Å². The predicted octanol–water partition coefficient (Wildman–Crippen LogP) is 4.14.